The Kier molecular flexibility index (Phi) is 7.16. The predicted molar refractivity (Wildman–Crippen MR) is 104 cm³/mol. The molecule has 0 aromatic carbocycles. The normalized spacial score (nSPS) is 25.6. The van der Waals surface area contributed by atoms with Gasteiger partial charge in [-0.05, 0) is 32.6 Å². The first-order chi connectivity index (χ1) is 13.4. The van der Waals surface area contributed by atoms with Crippen LogP contribution in [0.15, 0.2) is 0 Å². The highest BCUT2D eigenvalue weighted by Gasteiger charge is 2.38. The van der Waals surface area contributed by atoms with E-state index in [1.807, 2.05) is 0 Å². The van der Waals surface area contributed by atoms with Crippen LogP contribution in [0.3, 0.4) is 0 Å². The molecular formula is C18H32N4O5S. The molecule has 3 rings (SSSR count). The average Bonchev–Trinajstić information content (AvgIpc) is 3.21. The van der Waals surface area contributed by atoms with Crippen molar-refractivity contribution in [2.75, 3.05) is 45.9 Å². The van der Waals surface area contributed by atoms with Gasteiger partial charge in [-0.3, -0.25) is 4.79 Å². The zero-order chi connectivity index (χ0) is 20.1. The lowest BCUT2D eigenvalue weighted by Crippen LogP contribution is -2.56. The van der Waals surface area contributed by atoms with Crippen LogP contribution in [0, 0.1) is 5.92 Å². The van der Waals surface area contributed by atoms with E-state index in [0.29, 0.717) is 32.7 Å². The third-order valence-corrected chi connectivity index (χ3v) is 7.88. The molecule has 9 nitrogen and oxygen atoms in total. The van der Waals surface area contributed by atoms with Crippen molar-refractivity contribution in [3.8, 4) is 0 Å². The van der Waals surface area contributed by atoms with E-state index in [0.717, 1.165) is 32.1 Å². The van der Waals surface area contributed by atoms with Crippen LogP contribution in [0.1, 0.15) is 45.4 Å². The van der Waals surface area contributed by atoms with E-state index in [2.05, 4.69) is 5.32 Å². The molecule has 1 unspecified atom stereocenters. The molecule has 28 heavy (non-hydrogen) atoms. The van der Waals surface area contributed by atoms with Crippen molar-refractivity contribution in [3.05, 3.63) is 0 Å². The summed E-state index contributed by atoms with van der Waals surface area (Å²) < 4.78 is 33.9. The van der Waals surface area contributed by atoms with Crippen LogP contribution in [0.4, 0.5) is 4.79 Å². The number of ether oxygens (including phenoxy) is 1. The van der Waals surface area contributed by atoms with Crippen molar-refractivity contribution in [1.82, 2.24) is 18.8 Å². The van der Waals surface area contributed by atoms with Gasteiger partial charge in [0.1, 0.15) is 0 Å². The maximum Gasteiger partial charge on any atom is 0.409 e. The minimum Gasteiger partial charge on any atom is -0.450 e. The van der Waals surface area contributed by atoms with E-state index in [1.165, 1.54) is 13.5 Å². The van der Waals surface area contributed by atoms with Gasteiger partial charge in [-0.15, -0.1) is 0 Å². The van der Waals surface area contributed by atoms with Gasteiger partial charge in [-0.2, -0.15) is 17.0 Å². The van der Waals surface area contributed by atoms with Crippen LogP contribution in [-0.2, 0) is 19.7 Å². The Morgan fingerprint density at radius 3 is 2.29 bits per heavy atom. The lowest BCUT2D eigenvalue weighted by atomic mass is 9.98. The minimum atomic E-state index is -3.63. The van der Waals surface area contributed by atoms with Gasteiger partial charge in [0.25, 0.3) is 10.2 Å². The van der Waals surface area contributed by atoms with E-state index < -0.39 is 16.3 Å². The van der Waals surface area contributed by atoms with Gasteiger partial charge >= 0.3 is 6.09 Å². The van der Waals surface area contributed by atoms with Crippen LogP contribution in [0.5, 0.6) is 0 Å². The van der Waals surface area contributed by atoms with E-state index >= 15 is 0 Å². The molecule has 2 aliphatic heterocycles. The van der Waals surface area contributed by atoms with Crippen molar-refractivity contribution >= 4 is 22.2 Å². The van der Waals surface area contributed by atoms with Gasteiger partial charge in [0.05, 0.1) is 12.5 Å². The van der Waals surface area contributed by atoms with Gasteiger partial charge in [0.15, 0.2) is 0 Å². The molecule has 3 fully saturated rings. The highest BCUT2D eigenvalue weighted by Crippen LogP contribution is 2.24. The van der Waals surface area contributed by atoms with Gasteiger partial charge in [-0.1, -0.05) is 12.8 Å². The molecule has 1 aliphatic carbocycles. The van der Waals surface area contributed by atoms with Crippen molar-refractivity contribution < 1.29 is 22.7 Å². The fraction of sp³-hybridized carbons (Fsp3) is 0.889. The second-order valence-corrected chi connectivity index (χ2v) is 9.71. The molecule has 3 aliphatic rings. The number of amides is 2. The first kappa shape index (κ1) is 21.3. The molecule has 0 spiro atoms. The number of rotatable bonds is 5. The molecule has 0 aromatic heterocycles. The number of nitrogens with one attached hydrogen (secondary N) is 1. The summed E-state index contributed by atoms with van der Waals surface area (Å²) >= 11 is 0. The summed E-state index contributed by atoms with van der Waals surface area (Å²) in [6.07, 6.45) is 5.34. The maximum atomic E-state index is 13.0. The molecule has 0 aromatic rings. The molecule has 2 saturated heterocycles. The standard InChI is InChI=1S/C18H32N4O5S/c1-2-27-18(24)20-10-12-21(13-11-20)28(25,26)22-9-5-6-15(14-22)17(23)19-16-7-3-4-8-16/h15-16H,2-14H2,1H3,(H,19,23). The van der Waals surface area contributed by atoms with E-state index in [9.17, 15) is 18.0 Å². The summed E-state index contributed by atoms with van der Waals surface area (Å²) in [5.74, 6) is -0.302. The fourth-order valence-electron chi connectivity index (χ4n) is 4.23. The summed E-state index contributed by atoms with van der Waals surface area (Å²) in [4.78, 5) is 25.9. The molecule has 1 saturated carbocycles. The van der Waals surface area contributed by atoms with Gasteiger partial charge in [-0.25, -0.2) is 4.79 Å². The number of carbonyl (C=O) groups excluding carboxylic acids is 2. The number of hydrogen-bond acceptors (Lipinski definition) is 5. The zero-order valence-electron chi connectivity index (χ0n) is 16.6. The van der Waals surface area contributed by atoms with E-state index in [1.54, 1.807) is 6.92 Å². The molecular weight excluding hydrogens is 384 g/mol. The van der Waals surface area contributed by atoms with E-state index in [-0.39, 0.29) is 37.5 Å². The lowest BCUT2D eigenvalue weighted by molar-refractivity contribution is -0.126. The van der Waals surface area contributed by atoms with Crippen molar-refractivity contribution in [2.24, 2.45) is 5.92 Å². The predicted octanol–water partition coefficient (Wildman–Crippen LogP) is 0.776. The molecule has 1 N–H and O–H groups in total. The van der Waals surface area contributed by atoms with Gasteiger partial charge in [0, 0.05) is 45.3 Å². The van der Waals surface area contributed by atoms with Crippen LogP contribution in [0.2, 0.25) is 0 Å². The molecule has 0 bridgehead atoms. The number of nitrogens with zero attached hydrogens (tertiary/aromatic N) is 3. The van der Waals surface area contributed by atoms with Crippen molar-refractivity contribution in [3.63, 3.8) is 0 Å². The Labute approximate surface area is 167 Å². The van der Waals surface area contributed by atoms with Crippen LogP contribution >= 0.6 is 0 Å². The molecule has 0 radical (unpaired) electrons. The Morgan fingerprint density at radius 2 is 1.64 bits per heavy atom. The second kappa shape index (κ2) is 9.41. The highest BCUT2D eigenvalue weighted by atomic mass is 32.2. The van der Waals surface area contributed by atoms with Gasteiger partial charge < -0.3 is 15.0 Å². The summed E-state index contributed by atoms with van der Waals surface area (Å²) in [6.45, 7) is 3.85. The Bertz CT molecular complexity index is 657. The first-order valence-corrected chi connectivity index (χ1v) is 11.8. The molecule has 1 atom stereocenters. The lowest BCUT2D eigenvalue weighted by Gasteiger charge is -2.38. The van der Waals surface area contributed by atoms with Gasteiger partial charge in [0.2, 0.25) is 5.91 Å². The number of piperazine rings is 1. The summed E-state index contributed by atoms with van der Waals surface area (Å²) in [6, 6.07) is 0.246. The molecule has 2 heterocycles. The minimum absolute atomic E-state index is 0.0149. The third-order valence-electron chi connectivity index (χ3n) is 5.87. The topological polar surface area (TPSA) is 99.3 Å². The maximum absolute atomic E-state index is 13.0. The first-order valence-electron chi connectivity index (χ1n) is 10.4. The highest BCUT2D eigenvalue weighted by molar-refractivity contribution is 7.86. The smallest absolute Gasteiger partial charge is 0.409 e. The Balaban J connectivity index is 1.54. The summed E-state index contributed by atoms with van der Waals surface area (Å²) in [7, 11) is -3.63. The molecule has 10 heteroatoms. The van der Waals surface area contributed by atoms with Crippen LogP contribution < -0.4 is 5.32 Å². The van der Waals surface area contributed by atoms with Crippen LogP contribution in [-0.4, -0.2) is 85.8 Å². The van der Waals surface area contributed by atoms with E-state index in [4.69, 9.17) is 4.74 Å². The summed E-state index contributed by atoms with van der Waals surface area (Å²) in [5.41, 5.74) is 0. The molecule has 2 amide bonds. The second-order valence-electron chi connectivity index (χ2n) is 7.78. The fourth-order valence-corrected chi connectivity index (χ4v) is 5.91. The number of piperidine rings is 1. The average molecular weight is 417 g/mol. The largest absolute Gasteiger partial charge is 0.450 e. The number of hydrogen-bond donors (Lipinski definition) is 1. The Hall–Kier alpha value is -1.39. The molecule has 160 valence electrons. The zero-order valence-corrected chi connectivity index (χ0v) is 17.5. The van der Waals surface area contributed by atoms with Crippen molar-refractivity contribution in [1.29, 1.82) is 0 Å². The summed E-state index contributed by atoms with van der Waals surface area (Å²) in [5, 5.41) is 3.10. The van der Waals surface area contributed by atoms with Crippen molar-refractivity contribution in [2.45, 2.75) is 51.5 Å². The Morgan fingerprint density at radius 1 is 0.964 bits per heavy atom. The number of carbonyl (C=O) groups is 2. The SMILES string of the molecule is CCOC(=O)N1CCN(S(=O)(=O)N2CCCC(C(=O)NC3CCCC3)C2)CC1. The quantitative estimate of drug-likeness (QED) is 0.714. The van der Waals surface area contributed by atoms with Crippen LogP contribution in [0.25, 0.3) is 0 Å². The monoisotopic (exact) mass is 416 g/mol. The third kappa shape index (κ3) is 4.96.